The van der Waals surface area contributed by atoms with Crippen LogP contribution in [0.3, 0.4) is 0 Å². The summed E-state index contributed by atoms with van der Waals surface area (Å²) in [6.45, 7) is 6.50. The van der Waals surface area contributed by atoms with Gasteiger partial charge >= 0.3 is 0 Å². The lowest BCUT2D eigenvalue weighted by Crippen LogP contribution is -2.19. The number of thioether (sulfide) groups is 1. The molecule has 1 heterocycles. The van der Waals surface area contributed by atoms with Gasteiger partial charge in [-0.2, -0.15) is 11.8 Å². The van der Waals surface area contributed by atoms with Gasteiger partial charge in [-0.3, -0.25) is 4.98 Å². The number of benzene rings is 1. The predicted octanol–water partition coefficient (Wildman–Crippen LogP) is 3.67. The maximum Gasteiger partial charge on any atom is 0.0705 e. The number of aliphatic hydroxyl groups excluding tert-OH is 1. The van der Waals surface area contributed by atoms with Crippen LogP contribution in [0.2, 0.25) is 0 Å². The zero-order valence-electron chi connectivity index (χ0n) is 11.8. The standard InChI is InChI=1S/C16H21NOS/c1-16(2,3)19-11-14(18)10-13-9-8-12-6-4-5-7-15(12)17-13/h4-9,14,18H,10-11H2,1-3H3. The van der Waals surface area contributed by atoms with E-state index >= 15 is 0 Å². The van der Waals surface area contributed by atoms with Crippen LogP contribution in [0.25, 0.3) is 10.9 Å². The minimum Gasteiger partial charge on any atom is -0.392 e. The molecule has 0 amide bonds. The molecule has 3 heteroatoms. The molecule has 1 unspecified atom stereocenters. The first-order chi connectivity index (χ1) is 8.94. The van der Waals surface area contributed by atoms with E-state index in [1.807, 2.05) is 24.3 Å². The number of fused-ring (bicyclic) bond motifs is 1. The Labute approximate surface area is 119 Å². The van der Waals surface area contributed by atoms with Crippen molar-refractivity contribution < 1.29 is 5.11 Å². The molecular formula is C16H21NOS. The maximum absolute atomic E-state index is 10.1. The molecule has 0 bridgehead atoms. The van der Waals surface area contributed by atoms with Gasteiger partial charge in [0.05, 0.1) is 11.6 Å². The van der Waals surface area contributed by atoms with E-state index in [1.54, 1.807) is 11.8 Å². The topological polar surface area (TPSA) is 33.1 Å². The van der Waals surface area contributed by atoms with Crippen LogP contribution >= 0.6 is 11.8 Å². The van der Waals surface area contributed by atoms with Gasteiger partial charge in [0.2, 0.25) is 0 Å². The first-order valence-electron chi connectivity index (χ1n) is 6.61. The second-order valence-electron chi connectivity index (χ2n) is 5.78. The van der Waals surface area contributed by atoms with Gasteiger partial charge < -0.3 is 5.11 Å². The Hall–Kier alpha value is -1.06. The minimum absolute atomic E-state index is 0.192. The molecule has 19 heavy (non-hydrogen) atoms. The Morgan fingerprint density at radius 2 is 1.89 bits per heavy atom. The predicted molar refractivity (Wildman–Crippen MR) is 83.7 cm³/mol. The molecule has 1 aromatic heterocycles. The summed E-state index contributed by atoms with van der Waals surface area (Å²) < 4.78 is 0.192. The molecule has 2 rings (SSSR count). The quantitative estimate of drug-likeness (QED) is 0.924. The van der Waals surface area contributed by atoms with Crippen LogP contribution in [0.15, 0.2) is 36.4 Å². The Kier molecular flexibility index (Phi) is 4.48. The summed E-state index contributed by atoms with van der Waals surface area (Å²) in [5.74, 6) is 0.748. The Balaban J connectivity index is 2.00. The molecule has 0 aliphatic heterocycles. The minimum atomic E-state index is -0.335. The number of pyridine rings is 1. The molecule has 102 valence electrons. The van der Waals surface area contributed by atoms with Crippen molar-refractivity contribution in [3.63, 3.8) is 0 Å². The highest BCUT2D eigenvalue weighted by molar-refractivity contribution is 8.00. The van der Waals surface area contributed by atoms with E-state index in [0.29, 0.717) is 6.42 Å². The summed E-state index contributed by atoms with van der Waals surface area (Å²) in [5, 5.41) is 11.2. The van der Waals surface area contributed by atoms with Crippen molar-refractivity contribution >= 4 is 22.7 Å². The first-order valence-corrected chi connectivity index (χ1v) is 7.59. The molecule has 1 aromatic carbocycles. The van der Waals surface area contributed by atoms with Crippen LogP contribution in [0, 0.1) is 0 Å². The zero-order chi connectivity index (χ0) is 13.9. The number of aromatic nitrogens is 1. The molecule has 2 nitrogen and oxygen atoms in total. The van der Waals surface area contributed by atoms with Gasteiger partial charge in [0.25, 0.3) is 0 Å². The zero-order valence-corrected chi connectivity index (χ0v) is 12.6. The van der Waals surface area contributed by atoms with Crippen LogP contribution in [-0.2, 0) is 6.42 Å². The average Bonchev–Trinajstić information content (AvgIpc) is 2.35. The van der Waals surface area contributed by atoms with Crippen molar-refractivity contribution in [2.75, 3.05) is 5.75 Å². The Morgan fingerprint density at radius 1 is 1.16 bits per heavy atom. The monoisotopic (exact) mass is 275 g/mol. The maximum atomic E-state index is 10.1. The highest BCUT2D eigenvalue weighted by atomic mass is 32.2. The molecule has 0 radical (unpaired) electrons. The molecule has 0 saturated heterocycles. The number of aliphatic hydroxyl groups is 1. The number of hydrogen-bond donors (Lipinski definition) is 1. The van der Waals surface area contributed by atoms with Crippen molar-refractivity contribution in [3.05, 3.63) is 42.1 Å². The second-order valence-corrected chi connectivity index (χ2v) is 7.62. The fourth-order valence-electron chi connectivity index (χ4n) is 1.87. The van der Waals surface area contributed by atoms with E-state index in [1.165, 1.54) is 0 Å². The fraction of sp³-hybridized carbons (Fsp3) is 0.438. The normalized spacial score (nSPS) is 13.7. The summed E-state index contributed by atoms with van der Waals surface area (Å²) in [5.41, 5.74) is 1.95. The van der Waals surface area contributed by atoms with Gasteiger partial charge in [-0.1, -0.05) is 45.0 Å². The molecule has 0 fully saturated rings. The van der Waals surface area contributed by atoms with E-state index in [0.717, 1.165) is 22.3 Å². The highest BCUT2D eigenvalue weighted by Gasteiger charge is 2.14. The van der Waals surface area contributed by atoms with Crippen LogP contribution in [0.1, 0.15) is 26.5 Å². The fourth-order valence-corrected chi connectivity index (χ4v) is 2.68. The molecule has 0 aliphatic carbocycles. The van der Waals surface area contributed by atoms with Crippen molar-refractivity contribution in [1.82, 2.24) is 4.98 Å². The van der Waals surface area contributed by atoms with Crippen molar-refractivity contribution in [1.29, 1.82) is 0 Å². The highest BCUT2D eigenvalue weighted by Crippen LogP contribution is 2.24. The SMILES string of the molecule is CC(C)(C)SCC(O)Cc1ccc2ccccc2n1. The van der Waals surface area contributed by atoms with Gasteiger partial charge in [-0.05, 0) is 12.1 Å². The number of hydrogen-bond acceptors (Lipinski definition) is 3. The van der Waals surface area contributed by atoms with Crippen molar-refractivity contribution in [2.45, 2.75) is 38.0 Å². The molecule has 1 N–H and O–H groups in total. The average molecular weight is 275 g/mol. The molecule has 2 aromatic rings. The summed E-state index contributed by atoms with van der Waals surface area (Å²) in [6, 6.07) is 12.1. The first kappa shape index (κ1) is 14.4. The molecule has 0 saturated carbocycles. The Morgan fingerprint density at radius 3 is 2.63 bits per heavy atom. The number of rotatable bonds is 4. The van der Waals surface area contributed by atoms with Crippen molar-refractivity contribution in [2.24, 2.45) is 0 Å². The van der Waals surface area contributed by atoms with Crippen molar-refractivity contribution in [3.8, 4) is 0 Å². The summed E-state index contributed by atoms with van der Waals surface area (Å²) in [4.78, 5) is 4.59. The van der Waals surface area contributed by atoms with Gasteiger partial charge in [-0.15, -0.1) is 0 Å². The van der Waals surface area contributed by atoms with E-state index in [4.69, 9.17) is 0 Å². The van der Waals surface area contributed by atoms with Gasteiger partial charge in [0.1, 0.15) is 0 Å². The summed E-state index contributed by atoms with van der Waals surface area (Å²) in [7, 11) is 0. The van der Waals surface area contributed by atoms with Gasteiger partial charge in [0.15, 0.2) is 0 Å². The van der Waals surface area contributed by atoms with Crippen LogP contribution < -0.4 is 0 Å². The van der Waals surface area contributed by atoms with E-state index in [-0.39, 0.29) is 10.9 Å². The molecule has 0 aliphatic rings. The summed E-state index contributed by atoms with van der Waals surface area (Å²) in [6.07, 6.45) is 0.284. The summed E-state index contributed by atoms with van der Waals surface area (Å²) >= 11 is 1.79. The molecule has 0 spiro atoms. The van der Waals surface area contributed by atoms with E-state index < -0.39 is 0 Å². The largest absolute Gasteiger partial charge is 0.392 e. The van der Waals surface area contributed by atoms with Crippen LogP contribution in [0.5, 0.6) is 0 Å². The third-order valence-corrected chi connectivity index (χ3v) is 4.23. The van der Waals surface area contributed by atoms with Crippen LogP contribution in [0.4, 0.5) is 0 Å². The third kappa shape index (κ3) is 4.51. The van der Waals surface area contributed by atoms with Crippen LogP contribution in [-0.4, -0.2) is 26.7 Å². The third-order valence-electron chi connectivity index (χ3n) is 2.81. The Bertz CT molecular complexity index is 548. The number of nitrogens with zero attached hydrogens (tertiary/aromatic N) is 1. The molecular weight excluding hydrogens is 254 g/mol. The smallest absolute Gasteiger partial charge is 0.0705 e. The second kappa shape index (κ2) is 5.93. The lowest BCUT2D eigenvalue weighted by Gasteiger charge is -2.20. The number of para-hydroxylation sites is 1. The van der Waals surface area contributed by atoms with E-state index in [9.17, 15) is 5.11 Å². The van der Waals surface area contributed by atoms with Gasteiger partial charge in [0, 0.05) is 28.0 Å². The molecule has 1 atom stereocenters. The lowest BCUT2D eigenvalue weighted by molar-refractivity contribution is 0.198. The van der Waals surface area contributed by atoms with E-state index in [2.05, 4.69) is 37.9 Å². The lowest BCUT2D eigenvalue weighted by atomic mass is 10.1. The van der Waals surface area contributed by atoms with Gasteiger partial charge in [-0.25, -0.2) is 0 Å².